The molecule has 0 atom stereocenters. The van der Waals surface area contributed by atoms with E-state index < -0.39 is 0 Å². The molecule has 284 valence electrons. The summed E-state index contributed by atoms with van der Waals surface area (Å²) in [7, 11) is 0. The van der Waals surface area contributed by atoms with E-state index in [1.165, 1.54) is 11.1 Å². The Morgan fingerprint density at radius 3 is 1.40 bits per heavy atom. The Kier molecular flexibility index (Phi) is 11.9. The van der Waals surface area contributed by atoms with Gasteiger partial charge in [-0.3, -0.25) is 9.97 Å². The maximum absolute atomic E-state index is 6.53. The van der Waals surface area contributed by atoms with E-state index in [1.54, 1.807) is 12.4 Å². The van der Waals surface area contributed by atoms with Crippen molar-refractivity contribution in [3.8, 4) is 57.2 Å². The van der Waals surface area contributed by atoms with E-state index in [4.69, 9.17) is 14.5 Å². The van der Waals surface area contributed by atoms with Crippen molar-refractivity contribution in [2.75, 3.05) is 0 Å². The van der Waals surface area contributed by atoms with E-state index in [-0.39, 0.29) is 10.8 Å². The monoisotopic (exact) mass is 859 g/mol. The number of nitrogens with zero attached hydrogens (tertiary/aromatic N) is 3. The first-order valence-electron chi connectivity index (χ1n) is 19.1. The van der Waals surface area contributed by atoms with Crippen molar-refractivity contribution in [2.24, 2.45) is 0 Å². The van der Waals surface area contributed by atoms with Crippen molar-refractivity contribution in [1.82, 2.24) is 15.0 Å². The number of aromatic nitrogens is 3. The molecule has 4 aromatic carbocycles. The van der Waals surface area contributed by atoms with Crippen molar-refractivity contribution in [3.05, 3.63) is 183 Å². The normalized spacial score (nSPS) is 11.4. The average molecular weight is 860 g/mol. The van der Waals surface area contributed by atoms with E-state index >= 15 is 0 Å². The molecule has 0 aliphatic heterocycles. The maximum atomic E-state index is 6.53. The molecule has 0 aliphatic rings. The molecule has 7 rings (SSSR count). The van der Waals surface area contributed by atoms with E-state index in [9.17, 15) is 0 Å². The Balaban J connectivity index is 1.20. The topological polar surface area (TPSA) is 57.1 Å². The van der Waals surface area contributed by atoms with Crippen LogP contribution < -0.4 is 9.47 Å². The summed E-state index contributed by atoms with van der Waals surface area (Å²) in [6.45, 7) is 14.2. The Morgan fingerprint density at radius 1 is 0.509 bits per heavy atom. The third-order valence-electron chi connectivity index (χ3n) is 9.69. The second-order valence-electron chi connectivity index (χ2n) is 16.1. The van der Waals surface area contributed by atoms with E-state index in [0.29, 0.717) is 30.3 Å². The van der Waals surface area contributed by atoms with Crippen LogP contribution in [0, 0.1) is 15.4 Å². The summed E-state index contributed by atoms with van der Waals surface area (Å²) in [6.07, 6.45) is 3.57. The van der Waals surface area contributed by atoms with Gasteiger partial charge in [0.15, 0.2) is 0 Å². The molecule has 0 saturated heterocycles. The summed E-state index contributed by atoms with van der Waals surface area (Å²) in [6, 6.07) is 45.5. The summed E-state index contributed by atoms with van der Waals surface area (Å²) < 4.78 is 14.1. The molecule has 3 aromatic heterocycles. The van der Waals surface area contributed by atoms with Gasteiger partial charge in [0.25, 0.3) is 0 Å². The van der Waals surface area contributed by atoms with Crippen LogP contribution in [0.3, 0.4) is 0 Å². The molecule has 0 bridgehead atoms. The minimum absolute atomic E-state index is 0.0820. The summed E-state index contributed by atoms with van der Waals surface area (Å²) >= 11 is 2.32. The van der Waals surface area contributed by atoms with Gasteiger partial charge >= 0.3 is 0 Å². The fraction of sp³-hybridized carbons (Fsp3) is 0.196. The molecule has 57 heavy (non-hydrogen) atoms. The molecule has 5 nitrogen and oxygen atoms in total. The standard InChI is InChI=1S/C51H46IN3O2/c1-50(2,3)40-22-15-36(16-23-40)33-56-48-31-42(52)32-49(57-34-37-17-24-41(25-18-37)51(4,5)6)43(48)26-19-35-13-20-38(21-14-35)39-29-46(44-11-7-9-27-53-44)55-47(30-39)45-12-8-10-28-54-45/h7-18,20-25,27-32H,33-34H2,1-6H3. The zero-order valence-electron chi connectivity index (χ0n) is 33.3. The Labute approximate surface area is 350 Å². The fourth-order valence-electron chi connectivity index (χ4n) is 6.30. The SMILES string of the molecule is CC(C)(C)c1ccc(COc2cc(I)cc(OCc3ccc(C(C)(C)C)cc3)c2C#Cc2ccc(-c3cc(-c4ccccn4)nc(-c4ccccn4)c3)cc2)cc1. The zero-order chi connectivity index (χ0) is 40.0. The molecular weight excluding hydrogens is 813 g/mol. The molecule has 0 radical (unpaired) electrons. The highest BCUT2D eigenvalue weighted by molar-refractivity contribution is 14.1. The van der Waals surface area contributed by atoms with Gasteiger partial charge in [0.1, 0.15) is 30.3 Å². The zero-order valence-corrected chi connectivity index (χ0v) is 35.5. The van der Waals surface area contributed by atoms with Gasteiger partial charge in [0.05, 0.1) is 22.8 Å². The largest absolute Gasteiger partial charge is 0.487 e. The van der Waals surface area contributed by atoms with Gasteiger partial charge in [-0.15, -0.1) is 0 Å². The van der Waals surface area contributed by atoms with Crippen molar-refractivity contribution in [1.29, 1.82) is 0 Å². The number of ether oxygens (including phenoxy) is 2. The lowest BCUT2D eigenvalue weighted by atomic mass is 9.87. The van der Waals surface area contributed by atoms with E-state index in [1.807, 2.05) is 60.7 Å². The van der Waals surface area contributed by atoms with Crippen LogP contribution >= 0.6 is 22.6 Å². The first-order valence-corrected chi connectivity index (χ1v) is 20.2. The van der Waals surface area contributed by atoms with Crippen molar-refractivity contribution >= 4 is 22.6 Å². The maximum Gasteiger partial charge on any atom is 0.140 e. The van der Waals surface area contributed by atoms with Gasteiger partial charge in [-0.25, -0.2) is 4.98 Å². The van der Waals surface area contributed by atoms with Crippen LogP contribution in [-0.2, 0) is 24.0 Å². The lowest BCUT2D eigenvalue weighted by Crippen LogP contribution is -2.11. The van der Waals surface area contributed by atoms with Gasteiger partial charge < -0.3 is 9.47 Å². The van der Waals surface area contributed by atoms with Crippen LogP contribution in [0.1, 0.15) is 74.9 Å². The van der Waals surface area contributed by atoms with Crippen LogP contribution in [0.4, 0.5) is 0 Å². The van der Waals surface area contributed by atoms with Crippen molar-refractivity contribution in [3.63, 3.8) is 0 Å². The summed E-state index contributed by atoms with van der Waals surface area (Å²) in [5.74, 6) is 8.23. The first kappa shape index (κ1) is 39.5. The van der Waals surface area contributed by atoms with Crippen molar-refractivity contribution < 1.29 is 9.47 Å². The number of pyridine rings is 3. The van der Waals surface area contributed by atoms with E-state index in [2.05, 4.69) is 159 Å². The summed E-state index contributed by atoms with van der Waals surface area (Å²) in [5.41, 5.74) is 11.7. The van der Waals surface area contributed by atoms with Crippen LogP contribution in [-0.4, -0.2) is 15.0 Å². The molecule has 0 fully saturated rings. The molecule has 0 spiro atoms. The minimum atomic E-state index is 0.0820. The van der Waals surface area contributed by atoms with Gasteiger partial charge in [-0.1, -0.05) is 126 Å². The Morgan fingerprint density at radius 2 is 0.982 bits per heavy atom. The molecule has 6 heteroatoms. The minimum Gasteiger partial charge on any atom is -0.487 e. The van der Waals surface area contributed by atoms with Crippen LogP contribution in [0.5, 0.6) is 11.5 Å². The Hall–Kier alpha value is -5.78. The highest BCUT2D eigenvalue weighted by Crippen LogP contribution is 2.34. The predicted octanol–water partition coefficient (Wildman–Crippen LogP) is 12.6. The smallest absolute Gasteiger partial charge is 0.140 e. The summed E-state index contributed by atoms with van der Waals surface area (Å²) in [5, 5.41) is 0. The Bertz CT molecular complexity index is 2370. The lowest BCUT2D eigenvalue weighted by Gasteiger charge is -2.19. The molecular formula is C51H46IN3O2. The molecule has 3 heterocycles. The number of rotatable bonds is 9. The highest BCUT2D eigenvalue weighted by Gasteiger charge is 2.17. The molecule has 0 N–H and O–H groups in total. The number of halogens is 1. The molecule has 0 unspecified atom stereocenters. The second kappa shape index (κ2) is 17.2. The third kappa shape index (κ3) is 10.2. The van der Waals surface area contributed by atoms with Gasteiger partial charge in [0.2, 0.25) is 0 Å². The number of hydrogen-bond donors (Lipinski definition) is 0. The fourth-order valence-corrected chi connectivity index (χ4v) is 6.87. The highest BCUT2D eigenvalue weighted by atomic mass is 127. The summed E-state index contributed by atoms with van der Waals surface area (Å²) in [4.78, 5) is 14.1. The quantitative estimate of drug-likeness (QED) is 0.107. The predicted molar refractivity (Wildman–Crippen MR) is 240 cm³/mol. The van der Waals surface area contributed by atoms with Gasteiger partial charge in [-0.05, 0) is 127 Å². The number of hydrogen-bond acceptors (Lipinski definition) is 5. The van der Waals surface area contributed by atoms with Crippen molar-refractivity contribution in [2.45, 2.75) is 65.6 Å². The lowest BCUT2D eigenvalue weighted by molar-refractivity contribution is 0.288. The first-order chi connectivity index (χ1) is 27.4. The van der Waals surface area contributed by atoms with Crippen LogP contribution in [0.25, 0.3) is 33.9 Å². The van der Waals surface area contributed by atoms with E-state index in [0.717, 1.165) is 54.2 Å². The second-order valence-corrected chi connectivity index (χ2v) is 17.4. The molecule has 0 amide bonds. The third-order valence-corrected chi connectivity index (χ3v) is 10.3. The average Bonchev–Trinajstić information content (AvgIpc) is 3.22. The van der Waals surface area contributed by atoms with Crippen LogP contribution in [0.15, 0.2) is 146 Å². The molecule has 0 saturated carbocycles. The van der Waals surface area contributed by atoms with Gasteiger partial charge in [0, 0.05) is 21.5 Å². The van der Waals surface area contributed by atoms with Crippen LogP contribution in [0.2, 0.25) is 0 Å². The molecule has 0 aliphatic carbocycles. The number of benzene rings is 4. The van der Waals surface area contributed by atoms with Gasteiger partial charge in [-0.2, -0.15) is 0 Å². The molecule has 7 aromatic rings.